The van der Waals surface area contributed by atoms with E-state index in [0.717, 1.165) is 48.9 Å². The van der Waals surface area contributed by atoms with E-state index in [1.54, 1.807) is 18.6 Å². The van der Waals surface area contributed by atoms with Gasteiger partial charge < -0.3 is 13.7 Å². The highest BCUT2D eigenvalue weighted by Crippen LogP contribution is 2.31. The summed E-state index contributed by atoms with van der Waals surface area (Å²) < 4.78 is 17.5. The van der Waals surface area contributed by atoms with Crippen LogP contribution in [0.2, 0.25) is 0 Å². The third-order valence-corrected chi connectivity index (χ3v) is 5.03. The van der Waals surface area contributed by atoms with Crippen LogP contribution in [0.25, 0.3) is 23.0 Å². The number of aryl methyl sites for hydroxylation is 1. The van der Waals surface area contributed by atoms with Gasteiger partial charge in [0.2, 0.25) is 5.82 Å². The van der Waals surface area contributed by atoms with Crippen LogP contribution in [0.5, 0.6) is 5.75 Å². The van der Waals surface area contributed by atoms with E-state index in [0.29, 0.717) is 17.4 Å². The number of ether oxygens (including phenoxy) is 1. The minimum absolute atomic E-state index is 0.0876. The first kappa shape index (κ1) is 18.5. The predicted molar refractivity (Wildman–Crippen MR) is 109 cm³/mol. The maximum absolute atomic E-state index is 6.32. The van der Waals surface area contributed by atoms with Gasteiger partial charge in [-0.05, 0) is 37.6 Å². The van der Waals surface area contributed by atoms with Crippen LogP contribution in [0.15, 0.2) is 63.9 Å². The molecule has 0 spiro atoms. The van der Waals surface area contributed by atoms with Gasteiger partial charge in [-0.1, -0.05) is 17.3 Å². The molecule has 1 aromatic carbocycles. The van der Waals surface area contributed by atoms with E-state index in [1.165, 1.54) is 0 Å². The molecule has 4 aromatic rings. The molecule has 1 unspecified atom stereocenters. The normalized spacial score (nSPS) is 16.8. The van der Waals surface area contributed by atoms with Gasteiger partial charge in [0.15, 0.2) is 0 Å². The van der Waals surface area contributed by atoms with Crippen LogP contribution in [0, 0.1) is 6.92 Å². The first-order valence-corrected chi connectivity index (χ1v) is 9.88. The van der Waals surface area contributed by atoms with E-state index < -0.39 is 0 Å². The van der Waals surface area contributed by atoms with Crippen molar-refractivity contribution in [2.45, 2.75) is 26.0 Å². The zero-order chi connectivity index (χ0) is 20.3. The molecule has 152 valence electrons. The molecule has 0 bridgehead atoms. The van der Waals surface area contributed by atoms with E-state index in [-0.39, 0.29) is 6.10 Å². The van der Waals surface area contributed by atoms with Gasteiger partial charge in [-0.15, -0.1) is 0 Å². The lowest BCUT2D eigenvalue weighted by Gasteiger charge is -2.17. The highest BCUT2D eigenvalue weighted by molar-refractivity contribution is 5.64. The minimum Gasteiger partial charge on any atom is -0.488 e. The van der Waals surface area contributed by atoms with E-state index in [2.05, 4.69) is 25.0 Å². The average Bonchev–Trinajstić information content (AvgIpc) is 3.51. The Morgan fingerprint density at radius 1 is 1.17 bits per heavy atom. The molecule has 0 saturated carbocycles. The molecule has 1 atom stereocenters. The van der Waals surface area contributed by atoms with Crippen molar-refractivity contribution in [1.29, 1.82) is 0 Å². The zero-order valence-corrected chi connectivity index (χ0v) is 16.6. The predicted octanol–water partition coefficient (Wildman–Crippen LogP) is 3.75. The number of hydrogen-bond acceptors (Lipinski definition) is 8. The Balaban J connectivity index is 1.29. The Bertz CT molecular complexity index is 1120. The molecule has 0 radical (unpaired) electrons. The number of para-hydroxylation sites is 1. The number of benzene rings is 1. The van der Waals surface area contributed by atoms with E-state index >= 15 is 0 Å². The van der Waals surface area contributed by atoms with Crippen LogP contribution in [0.3, 0.4) is 0 Å². The van der Waals surface area contributed by atoms with Crippen molar-refractivity contribution in [1.82, 2.24) is 25.0 Å². The fourth-order valence-corrected chi connectivity index (χ4v) is 3.60. The van der Waals surface area contributed by atoms with E-state index in [9.17, 15) is 0 Å². The first-order chi connectivity index (χ1) is 14.7. The molecule has 4 heterocycles. The molecular weight excluding hydrogens is 382 g/mol. The summed E-state index contributed by atoms with van der Waals surface area (Å²) in [4.78, 5) is 15.1. The summed E-state index contributed by atoms with van der Waals surface area (Å²) in [5, 5.41) is 4.03. The zero-order valence-electron chi connectivity index (χ0n) is 16.6. The van der Waals surface area contributed by atoms with Gasteiger partial charge in [0.05, 0.1) is 18.3 Å². The SMILES string of the molecule is Cc1ccc(CN2CCC(Oc3ccccc3-c3nc(-c4cnccn4)no3)C2)o1. The van der Waals surface area contributed by atoms with Crippen LogP contribution >= 0.6 is 0 Å². The molecule has 8 nitrogen and oxygen atoms in total. The van der Waals surface area contributed by atoms with Gasteiger partial charge in [0.1, 0.15) is 29.1 Å². The highest BCUT2D eigenvalue weighted by Gasteiger charge is 2.26. The molecule has 1 aliphatic heterocycles. The van der Waals surface area contributed by atoms with Crippen LogP contribution in [0.1, 0.15) is 17.9 Å². The smallest absolute Gasteiger partial charge is 0.262 e. The van der Waals surface area contributed by atoms with Crippen LogP contribution in [-0.4, -0.2) is 44.2 Å². The van der Waals surface area contributed by atoms with Crippen molar-refractivity contribution in [2.24, 2.45) is 0 Å². The van der Waals surface area contributed by atoms with Crippen molar-refractivity contribution in [2.75, 3.05) is 13.1 Å². The largest absolute Gasteiger partial charge is 0.488 e. The summed E-state index contributed by atoms with van der Waals surface area (Å²) in [7, 11) is 0. The number of rotatable bonds is 6. The van der Waals surface area contributed by atoms with E-state index in [4.69, 9.17) is 13.7 Å². The highest BCUT2D eigenvalue weighted by atomic mass is 16.5. The topological polar surface area (TPSA) is 90.3 Å². The second kappa shape index (κ2) is 8.08. The summed E-state index contributed by atoms with van der Waals surface area (Å²) in [6.45, 7) is 4.55. The molecule has 1 fully saturated rings. The van der Waals surface area contributed by atoms with Gasteiger partial charge >= 0.3 is 0 Å². The third kappa shape index (κ3) is 3.95. The van der Waals surface area contributed by atoms with Gasteiger partial charge in [0.25, 0.3) is 5.89 Å². The summed E-state index contributed by atoms with van der Waals surface area (Å²) >= 11 is 0. The summed E-state index contributed by atoms with van der Waals surface area (Å²) in [5.74, 6) is 3.44. The second-order valence-corrected chi connectivity index (χ2v) is 7.29. The molecule has 1 saturated heterocycles. The summed E-state index contributed by atoms with van der Waals surface area (Å²) in [6.07, 6.45) is 5.83. The number of nitrogens with zero attached hydrogens (tertiary/aromatic N) is 5. The van der Waals surface area contributed by atoms with Crippen molar-refractivity contribution in [3.05, 3.63) is 66.5 Å². The van der Waals surface area contributed by atoms with E-state index in [1.807, 2.05) is 43.3 Å². The lowest BCUT2D eigenvalue weighted by molar-refractivity contribution is 0.194. The molecule has 8 heteroatoms. The number of aromatic nitrogens is 4. The number of furan rings is 1. The standard InChI is InChI=1S/C22H21N5O3/c1-15-6-7-16(28-15)13-27-11-8-17(14-27)29-20-5-3-2-4-18(20)22-25-21(26-30-22)19-12-23-9-10-24-19/h2-7,9-10,12,17H,8,11,13-14H2,1H3. The van der Waals surface area contributed by atoms with Gasteiger partial charge in [-0.2, -0.15) is 4.98 Å². The molecule has 0 amide bonds. The Kier molecular flexibility index (Phi) is 4.98. The van der Waals surface area contributed by atoms with Crippen LogP contribution in [-0.2, 0) is 6.54 Å². The van der Waals surface area contributed by atoms with Crippen molar-refractivity contribution in [3.63, 3.8) is 0 Å². The number of likely N-dealkylation sites (tertiary alicyclic amines) is 1. The molecule has 3 aromatic heterocycles. The molecule has 0 N–H and O–H groups in total. The van der Waals surface area contributed by atoms with Crippen LogP contribution in [0.4, 0.5) is 0 Å². The fraction of sp³-hybridized carbons (Fsp3) is 0.273. The second-order valence-electron chi connectivity index (χ2n) is 7.29. The average molecular weight is 403 g/mol. The van der Waals surface area contributed by atoms with Crippen LogP contribution < -0.4 is 4.74 Å². The molecular formula is C22H21N5O3. The Labute approximate surface area is 173 Å². The third-order valence-electron chi connectivity index (χ3n) is 5.03. The summed E-state index contributed by atoms with van der Waals surface area (Å²) in [6, 6.07) is 11.7. The Morgan fingerprint density at radius 3 is 2.93 bits per heavy atom. The van der Waals surface area contributed by atoms with Gasteiger partial charge in [-0.3, -0.25) is 9.88 Å². The number of hydrogen-bond donors (Lipinski definition) is 0. The maximum Gasteiger partial charge on any atom is 0.262 e. The fourth-order valence-electron chi connectivity index (χ4n) is 3.60. The van der Waals surface area contributed by atoms with Crippen molar-refractivity contribution < 1.29 is 13.7 Å². The van der Waals surface area contributed by atoms with Crippen molar-refractivity contribution in [3.8, 4) is 28.7 Å². The minimum atomic E-state index is 0.0876. The Morgan fingerprint density at radius 2 is 2.10 bits per heavy atom. The Hall–Kier alpha value is -3.52. The molecule has 0 aliphatic carbocycles. The lowest BCUT2D eigenvalue weighted by atomic mass is 10.2. The quantitative estimate of drug-likeness (QED) is 0.481. The maximum atomic E-state index is 6.32. The first-order valence-electron chi connectivity index (χ1n) is 9.88. The molecule has 30 heavy (non-hydrogen) atoms. The monoisotopic (exact) mass is 403 g/mol. The molecule has 1 aliphatic rings. The summed E-state index contributed by atoms with van der Waals surface area (Å²) in [5.41, 5.74) is 1.32. The van der Waals surface area contributed by atoms with Gasteiger partial charge in [0, 0.05) is 25.5 Å². The molecule has 5 rings (SSSR count). The lowest BCUT2D eigenvalue weighted by Crippen LogP contribution is -2.24. The van der Waals surface area contributed by atoms with Crippen molar-refractivity contribution >= 4 is 0 Å². The van der Waals surface area contributed by atoms with Gasteiger partial charge in [-0.25, -0.2) is 4.98 Å².